The van der Waals surface area contributed by atoms with Crippen molar-refractivity contribution in [2.45, 2.75) is 46.1 Å². The lowest BCUT2D eigenvalue weighted by atomic mass is 9.92. The molecule has 2 aromatic carbocycles. The van der Waals surface area contributed by atoms with E-state index < -0.39 is 6.03 Å². The number of anilines is 2. The Morgan fingerprint density at radius 3 is 2.40 bits per heavy atom. The van der Waals surface area contributed by atoms with E-state index >= 15 is 0 Å². The van der Waals surface area contributed by atoms with Crippen molar-refractivity contribution in [3.63, 3.8) is 0 Å². The van der Waals surface area contributed by atoms with Crippen molar-refractivity contribution in [2.75, 3.05) is 17.2 Å². The molecule has 0 spiro atoms. The molecule has 8 nitrogen and oxygen atoms in total. The Hall–Kier alpha value is -3.83. The van der Waals surface area contributed by atoms with E-state index in [2.05, 4.69) is 10.6 Å². The highest BCUT2D eigenvalue weighted by Gasteiger charge is 2.24. The maximum absolute atomic E-state index is 13.0. The van der Waals surface area contributed by atoms with Gasteiger partial charge in [0.05, 0.1) is 23.0 Å². The number of halogens is 1. The van der Waals surface area contributed by atoms with Crippen molar-refractivity contribution >= 4 is 35.0 Å². The van der Waals surface area contributed by atoms with Gasteiger partial charge in [-0.2, -0.15) is 10.4 Å². The van der Waals surface area contributed by atoms with Crippen LogP contribution in [-0.2, 0) is 10.2 Å². The molecule has 0 fully saturated rings. The van der Waals surface area contributed by atoms with Crippen LogP contribution < -0.4 is 10.6 Å². The maximum Gasteiger partial charge on any atom is 0.322 e. The minimum atomic E-state index is -0.438. The SMILES string of the molecule is CC(C)N(CC(=O)Nc1cc(C(C)(C)C)nn1-c1ccc(Cl)cc1)C(=O)Nc1cccc(C#N)c1. The number of hydrogen-bond acceptors (Lipinski definition) is 4. The zero-order valence-corrected chi connectivity index (χ0v) is 21.2. The van der Waals surface area contributed by atoms with Gasteiger partial charge in [-0.05, 0) is 56.3 Å². The molecule has 0 unspecified atom stereocenters. The summed E-state index contributed by atoms with van der Waals surface area (Å²) < 4.78 is 1.65. The number of nitrogens with one attached hydrogen (secondary N) is 2. The molecule has 0 aliphatic rings. The second kappa shape index (κ2) is 10.6. The highest BCUT2D eigenvalue weighted by atomic mass is 35.5. The van der Waals surface area contributed by atoms with Crippen LogP contribution >= 0.6 is 11.6 Å². The summed E-state index contributed by atoms with van der Waals surface area (Å²) in [7, 11) is 0. The number of hydrogen-bond donors (Lipinski definition) is 2. The fourth-order valence-corrected chi connectivity index (χ4v) is 3.43. The first-order chi connectivity index (χ1) is 16.5. The second-order valence-corrected chi connectivity index (χ2v) is 9.88. The van der Waals surface area contributed by atoms with E-state index in [0.29, 0.717) is 22.1 Å². The van der Waals surface area contributed by atoms with Crippen LogP contribution in [-0.4, -0.2) is 39.2 Å². The van der Waals surface area contributed by atoms with Gasteiger partial charge < -0.3 is 15.5 Å². The number of amides is 3. The number of benzene rings is 2. The monoisotopic (exact) mass is 492 g/mol. The first-order valence-corrected chi connectivity index (χ1v) is 11.6. The topological polar surface area (TPSA) is 103 Å². The molecule has 35 heavy (non-hydrogen) atoms. The van der Waals surface area contributed by atoms with Crippen LogP contribution in [0.25, 0.3) is 5.69 Å². The van der Waals surface area contributed by atoms with E-state index in [9.17, 15) is 9.59 Å². The van der Waals surface area contributed by atoms with Gasteiger partial charge in [0.25, 0.3) is 0 Å². The molecule has 2 N–H and O–H groups in total. The first kappa shape index (κ1) is 25.8. The Bertz CT molecular complexity index is 1250. The van der Waals surface area contributed by atoms with E-state index in [1.54, 1.807) is 41.1 Å². The zero-order chi connectivity index (χ0) is 25.8. The summed E-state index contributed by atoms with van der Waals surface area (Å²) in [5.74, 6) is 0.128. The molecule has 0 bridgehead atoms. The van der Waals surface area contributed by atoms with Crippen LogP contribution in [0.2, 0.25) is 5.02 Å². The average Bonchev–Trinajstić information content (AvgIpc) is 3.22. The van der Waals surface area contributed by atoms with Gasteiger partial charge in [-0.3, -0.25) is 4.79 Å². The van der Waals surface area contributed by atoms with Crippen LogP contribution in [0.1, 0.15) is 45.9 Å². The predicted molar refractivity (Wildman–Crippen MR) is 138 cm³/mol. The summed E-state index contributed by atoms with van der Waals surface area (Å²) in [6.45, 7) is 9.61. The summed E-state index contributed by atoms with van der Waals surface area (Å²) >= 11 is 6.03. The van der Waals surface area contributed by atoms with Crippen molar-refractivity contribution in [3.05, 3.63) is 70.9 Å². The van der Waals surface area contributed by atoms with Crippen LogP contribution in [0.5, 0.6) is 0 Å². The van der Waals surface area contributed by atoms with Crippen molar-refractivity contribution in [1.29, 1.82) is 5.26 Å². The summed E-state index contributed by atoms with van der Waals surface area (Å²) in [5.41, 5.74) is 2.23. The van der Waals surface area contributed by atoms with Gasteiger partial charge in [-0.1, -0.05) is 38.4 Å². The van der Waals surface area contributed by atoms with E-state index in [0.717, 1.165) is 11.4 Å². The van der Waals surface area contributed by atoms with Crippen molar-refractivity contribution in [1.82, 2.24) is 14.7 Å². The van der Waals surface area contributed by atoms with Gasteiger partial charge in [-0.15, -0.1) is 0 Å². The van der Waals surface area contributed by atoms with Crippen molar-refractivity contribution in [2.24, 2.45) is 0 Å². The molecular weight excluding hydrogens is 464 g/mol. The molecule has 0 saturated heterocycles. The Labute approximate surface area is 210 Å². The lowest BCUT2D eigenvalue weighted by molar-refractivity contribution is -0.117. The standard InChI is InChI=1S/C26H29ClN6O2/c1-17(2)32(25(35)29-20-8-6-7-18(13-20)15-28)16-24(34)30-23-14-22(26(3,4)5)31-33(23)21-11-9-19(27)10-12-21/h6-14,17H,16H2,1-5H3,(H,29,35)(H,30,34). The summed E-state index contributed by atoms with van der Waals surface area (Å²) in [6.07, 6.45) is 0. The maximum atomic E-state index is 13.0. The minimum Gasteiger partial charge on any atom is -0.313 e. The Kier molecular flexibility index (Phi) is 7.82. The van der Waals surface area contributed by atoms with Gasteiger partial charge in [0.1, 0.15) is 12.4 Å². The lowest BCUT2D eigenvalue weighted by Gasteiger charge is -2.26. The second-order valence-electron chi connectivity index (χ2n) is 9.45. The lowest BCUT2D eigenvalue weighted by Crippen LogP contribution is -2.44. The van der Waals surface area contributed by atoms with Gasteiger partial charge >= 0.3 is 6.03 Å². The number of carbonyl (C=O) groups excluding carboxylic acids is 2. The minimum absolute atomic E-state index is 0.169. The van der Waals surface area contributed by atoms with Gasteiger partial charge in [0.15, 0.2) is 0 Å². The van der Waals surface area contributed by atoms with E-state index in [-0.39, 0.29) is 23.9 Å². The van der Waals surface area contributed by atoms with Crippen LogP contribution in [0.15, 0.2) is 54.6 Å². The van der Waals surface area contributed by atoms with E-state index in [1.807, 2.05) is 58.9 Å². The molecule has 9 heteroatoms. The smallest absolute Gasteiger partial charge is 0.313 e. The average molecular weight is 493 g/mol. The molecule has 1 heterocycles. The Morgan fingerprint density at radius 2 is 1.80 bits per heavy atom. The summed E-state index contributed by atoms with van der Waals surface area (Å²) in [6, 6.07) is 17.0. The number of aromatic nitrogens is 2. The van der Waals surface area contributed by atoms with Crippen LogP contribution in [0, 0.1) is 11.3 Å². The Balaban J connectivity index is 1.81. The molecule has 0 radical (unpaired) electrons. The fraction of sp³-hybridized carbons (Fsp3) is 0.308. The van der Waals surface area contributed by atoms with Crippen molar-refractivity contribution in [3.8, 4) is 11.8 Å². The molecule has 1 aromatic heterocycles. The molecule has 3 amide bonds. The van der Waals surface area contributed by atoms with Crippen LogP contribution in [0.4, 0.5) is 16.3 Å². The largest absolute Gasteiger partial charge is 0.322 e. The number of rotatable bonds is 6. The van der Waals surface area contributed by atoms with Gasteiger partial charge in [-0.25, -0.2) is 9.48 Å². The fourth-order valence-electron chi connectivity index (χ4n) is 3.30. The predicted octanol–water partition coefficient (Wildman–Crippen LogP) is 5.58. The van der Waals surface area contributed by atoms with Crippen LogP contribution in [0.3, 0.4) is 0 Å². The molecule has 3 rings (SSSR count). The zero-order valence-electron chi connectivity index (χ0n) is 20.5. The third-order valence-electron chi connectivity index (χ3n) is 5.26. The Morgan fingerprint density at radius 1 is 1.11 bits per heavy atom. The molecule has 182 valence electrons. The molecule has 3 aromatic rings. The first-order valence-electron chi connectivity index (χ1n) is 11.2. The quantitative estimate of drug-likeness (QED) is 0.469. The van der Waals surface area contributed by atoms with Crippen molar-refractivity contribution < 1.29 is 9.59 Å². The van der Waals surface area contributed by atoms with E-state index in [4.69, 9.17) is 22.0 Å². The highest BCUT2D eigenvalue weighted by molar-refractivity contribution is 6.30. The number of urea groups is 1. The normalized spacial score (nSPS) is 11.1. The number of carbonyl (C=O) groups is 2. The molecular formula is C26H29ClN6O2. The molecule has 0 atom stereocenters. The molecule has 0 aliphatic heterocycles. The van der Waals surface area contributed by atoms with E-state index in [1.165, 1.54) is 4.90 Å². The molecule has 0 saturated carbocycles. The van der Waals surface area contributed by atoms with Gasteiger partial charge in [0.2, 0.25) is 5.91 Å². The van der Waals surface area contributed by atoms with Gasteiger partial charge in [0, 0.05) is 28.2 Å². The highest BCUT2D eigenvalue weighted by Crippen LogP contribution is 2.27. The summed E-state index contributed by atoms with van der Waals surface area (Å²) in [5, 5.41) is 20.0. The third-order valence-corrected chi connectivity index (χ3v) is 5.51. The molecule has 0 aliphatic carbocycles. The number of nitriles is 1. The third kappa shape index (κ3) is 6.61. The number of nitrogens with zero attached hydrogens (tertiary/aromatic N) is 4. The summed E-state index contributed by atoms with van der Waals surface area (Å²) in [4.78, 5) is 27.4.